The van der Waals surface area contributed by atoms with Gasteiger partial charge in [-0.25, -0.2) is 19.4 Å². The number of nitrogens with zero attached hydrogens (tertiary/aromatic N) is 2. The summed E-state index contributed by atoms with van der Waals surface area (Å²) in [6.45, 7) is 21.7. The minimum absolute atomic E-state index is 0.0282. The molecule has 0 aromatic rings. The molecule has 4 fully saturated rings. The molecular weight excluding hydrogens is 544 g/mol. The Morgan fingerprint density at radius 2 is 1.12 bits per heavy atom. The number of carbonyl (C=O) groups is 4. The van der Waals surface area contributed by atoms with Crippen LogP contribution >= 0.6 is 0 Å². The summed E-state index contributed by atoms with van der Waals surface area (Å²) in [6, 6.07) is -0.543. The van der Waals surface area contributed by atoms with E-state index in [1.807, 2.05) is 20.8 Å². The van der Waals surface area contributed by atoms with Gasteiger partial charge >= 0.3 is 12.2 Å². The van der Waals surface area contributed by atoms with Crippen molar-refractivity contribution in [3.63, 3.8) is 0 Å². The Morgan fingerprint density at radius 3 is 1.51 bits per heavy atom. The number of rotatable bonds is 4. The van der Waals surface area contributed by atoms with Crippen LogP contribution < -0.4 is 0 Å². The lowest BCUT2D eigenvalue weighted by atomic mass is 10.1. The molecule has 0 spiro atoms. The molecule has 2 saturated heterocycles. The highest BCUT2D eigenvalue weighted by Crippen LogP contribution is 2.46. The van der Waals surface area contributed by atoms with Crippen LogP contribution in [0.25, 0.3) is 0 Å². The van der Waals surface area contributed by atoms with Gasteiger partial charge in [0.05, 0.1) is 37.1 Å². The first-order chi connectivity index (χ1) is 18.5. The second-order valence-electron chi connectivity index (χ2n) is 15.5. The van der Waals surface area contributed by atoms with Gasteiger partial charge in [0.1, 0.15) is 11.2 Å². The van der Waals surface area contributed by atoms with E-state index < -0.39 is 37.8 Å². The number of imide groups is 2. The molecular formula is C30H52N2O8Si. The number of carbonyl (C=O) groups excluding carboxylic acids is 4. The second-order valence-corrected chi connectivity index (χ2v) is 20.3. The number of hydrogen-bond acceptors (Lipinski definition) is 8. The van der Waals surface area contributed by atoms with Crippen molar-refractivity contribution in [1.82, 2.24) is 9.80 Å². The summed E-state index contributed by atoms with van der Waals surface area (Å²) >= 11 is 0. The normalized spacial score (nSPS) is 27.5. The number of amides is 4. The molecule has 0 aromatic carbocycles. The average molecular weight is 597 g/mol. The Kier molecular flexibility index (Phi) is 9.48. The molecule has 41 heavy (non-hydrogen) atoms. The fraction of sp³-hybridized carbons (Fsp3) is 0.867. The van der Waals surface area contributed by atoms with Crippen LogP contribution in [0, 0.1) is 11.8 Å². The Hall–Kier alpha value is -1.98. The molecule has 4 atom stereocenters. The third-order valence-corrected chi connectivity index (χ3v) is 12.8. The molecule has 2 aliphatic heterocycles. The molecule has 0 unspecified atom stereocenters. The predicted octanol–water partition coefficient (Wildman–Crippen LogP) is 5.62. The quantitative estimate of drug-likeness (QED) is 0.415. The standard InChI is InChI=1S/C18H33NO4Si.C12H19NO4/c1-17(2,3)22-16(21)19-14(20)11-13(15(19)12-9-10-12)23-24(7,8)18(4,5)6;1-12(2,3)17-11(16)13-9(15)6-8(14)10(13)7-4-5-7/h12-13,15H,9-11H2,1-8H3;7-8,10,14H,4-6H2,1-3H3/t13-,15-;8-,10+/m01/s1. The third kappa shape index (κ3) is 8.53. The van der Waals surface area contributed by atoms with Gasteiger partial charge in [-0.1, -0.05) is 20.8 Å². The van der Waals surface area contributed by atoms with Crippen LogP contribution in [0.2, 0.25) is 18.1 Å². The maximum Gasteiger partial charge on any atom is 0.417 e. The van der Waals surface area contributed by atoms with E-state index in [0.717, 1.165) is 30.6 Å². The van der Waals surface area contributed by atoms with Gasteiger partial charge < -0.3 is 19.0 Å². The lowest BCUT2D eigenvalue weighted by Gasteiger charge is -2.40. The molecule has 4 amide bonds. The summed E-state index contributed by atoms with van der Waals surface area (Å²) in [5, 5.41) is 9.89. The molecule has 11 heteroatoms. The first-order valence-electron chi connectivity index (χ1n) is 15.0. The fourth-order valence-electron chi connectivity index (χ4n) is 5.11. The van der Waals surface area contributed by atoms with E-state index in [-0.39, 0.29) is 53.8 Å². The van der Waals surface area contributed by atoms with Crippen LogP contribution in [-0.2, 0) is 23.5 Å². The lowest BCUT2D eigenvalue weighted by Crippen LogP contribution is -2.50. The van der Waals surface area contributed by atoms with Gasteiger partial charge in [-0.2, -0.15) is 0 Å². The minimum Gasteiger partial charge on any atom is -0.443 e. The molecule has 0 bridgehead atoms. The van der Waals surface area contributed by atoms with E-state index >= 15 is 0 Å². The van der Waals surface area contributed by atoms with Crippen molar-refractivity contribution in [2.45, 2.75) is 154 Å². The van der Waals surface area contributed by atoms with Crippen molar-refractivity contribution in [2.75, 3.05) is 0 Å². The van der Waals surface area contributed by atoms with Crippen molar-refractivity contribution in [2.24, 2.45) is 11.8 Å². The van der Waals surface area contributed by atoms with E-state index in [2.05, 4.69) is 33.9 Å². The van der Waals surface area contributed by atoms with Crippen molar-refractivity contribution in [3.8, 4) is 0 Å². The SMILES string of the molecule is CC(C)(C)OC(=O)N1C(=O)C[C@@H](O)[C@@H]1C1CC1.CC(C)(C)OC(=O)N1C(=O)C[C@H](O[Si](C)(C)C(C)(C)C)[C@@H]1C1CC1. The monoisotopic (exact) mass is 596 g/mol. The summed E-state index contributed by atoms with van der Waals surface area (Å²) < 4.78 is 17.2. The highest BCUT2D eigenvalue weighted by Gasteiger charge is 2.54. The van der Waals surface area contributed by atoms with E-state index in [1.54, 1.807) is 20.8 Å². The maximum absolute atomic E-state index is 12.6. The summed E-state index contributed by atoms with van der Waals surface area (Å²) in [7, 11) is -2.00. The zero-order chi connectivity index (χ0) is 31.3. The minimum atomic E-state index is -2.00. The molecule has 0 aromatic heterocycles. The summed E-state index contributed by atoms with van der Waals surface area (Å²) in [5.41, 5.74) is -1.23. The Bertz CT molecular complexity index is 1020. The van der Waals surface area contributed by atoms with Crippen LogP contribution in [0.4, 0.5) is 9.59 Å². The molecule has 4 aliphatic rings. The fourth-order valence-corrected chi connectivity index (χ4v) is 6.44. The number of aliphatic hydroxyl groups is 1. The van der Waals surface area contributed by atoms with E-state index in [9.17, 15) is 24.3 Å². The molecule has 2 saturated carbocycles. The van der Waals surface area contributed by atoms with E-state index in [1.165, 1.54) is 4.90 Å². The zero-order valence-electron chi connectivity index (χ0n) is 26.9. The van der Waals surface area contributed by atoms with Gasteiger partial charge in [-0.05, 0) is 97.2 Å². The zero-order valence-corrected chi connectivity index (χ0v) is 27.9. The predicted molar refractivity (Wildman–Crippen MR) is 156 cm³/mol. The van der Waals surface area contributed by atoms with Gasteiger partial charge in [0, 0.05) is 0 Å². The maximum atomic E-state index is 12.6. The smallest absolute Gasteiger partial charge is 0.417 e. The van der Waals surface area contributed by atoms with Crippen molar-refractivity contribution < 1.29 is 38.2 Å². The molecule has 0 radical (unpaired) electrons. The van der Waals surface area contributed by atoms with Gasteiger partial charge in [0.2, 0.25) is 11.8 Å². The molecule has 1 N–H and O–H groups in total. The van der Waals surface area contributed by atoms with Gasteiger partial charge in [-0.15, -0.1) is 0 Å². The molecule has 2 heterocycles. The van der Waals surface area contributed by atoms with Crippen LogP contribution in [0.15, 0.2) is 0 Å². The van der Waals surface area contributed by atoms with Crippen molar-refractivity contribution in [3.05, 3.63) is 0 Å². The number of aliphatic hydroxyl groups excluding tert-OH is 1. The Morgan fingerprint density at radius 1 is 0.732 bits per heavy atom. The topological polar surface area (TPSA) is 123 Å². The summed E-state index contributed by atoms with van der Waals surface area (Å²) in [5.74, 6) is 0.121. The van der Waals surface area contributed by atoms with Crippen molar-refractivity contribution >= 4 is 32.3 Å². The highest BCUT2D eigenvalue weighted by atomic mass is 28.4. The number of hydrogen-bond donors (Lipinski definition) is 1. The first-order valence-corrected chi connectivity index (χ1v) is 17.9. The molecule has 2 aliphatic carbocycles. The highest BCUT2D eigenvalue weighted by molar-refractivity contribution is 6.74. The largest absolute Gasteiger partial charge is 0.443 e. The summed E-state index contributed by atoms with van der Waals surface area (Å²) in [4.78, 5) is 51.2. The molecule has 4 rings (SSSR count). The van der Waals surface area contributed by atoms with Crippen LogP contribution in [0.3, 0.4) is 0 Å². The van der Waals surface area contributed by atoms with Crippen LogP contribution in [0.5, 0.6) is 0 Å². The third-order valence-electron chi connectivity index (χ3n) is 8.31. The van der Waals surface area contributed by atoms with Crippen LogP contribution in [0.1, 0.15) is 101 Å². The van der Waals surface area contributed by atoms with Gasteiger partial charge in [-0.3, -0.25) is 9.59 Å². The van der Waals surface area contributed by atoms with Gasteiger partial charge in [0.25, 0.3) is 0 Å². The molecule has 10 nitrogen and oxygen atoms in total. The van der Waals surface area contributed by atoms with Crippen molar-refractivity contribution in [1.29, 1.82) is 0 Å². The first kappa shape index (κ1) is 33.5. The average Bonchev–Trinajstić information content (AvgIpc) is 3.67. The summed E-state index contributed by atoms with van der Waals surface area (Å²) in [6.07, 6.45) is 2.27. The molecule has 234 valence electrons. The Balaban J connectivity index is 0.000000239. The van der Waals surface area contributed by atoms with Gasteiger partial charge in [0.15, 0.2) is 8.32 Å². The second kappa shape index (κ2) is 11.6. The van der Waals surface area contributed by atoms with E-state index in [4.69, 9.17) is 13.9 Å². The van der Waals surface area contributed by atoms with E-state index in [0.29, 0.717) is 5.92 Å². The number of ether oxygens (including phenoxy) is 2. The number of likely N-dealkylation sites (tertiary alicyclic amines) is 2. The Labute approximate surface area is 246 Å². The van der Waals surface area contributed by atoms with Crippen LogP contribution in [-0.4, -0.2) is 82.7 Å². The lowest BCUT2D eigenvalue weighted by molar-refractivity contribution is -0.129.